The molecule has 1 nitrogen and oxygen atoms in total. The summed E-state index contributed by atoms with van der Waals surface area (Å²) in [6.07, 6.45) is 0. The summed E-state index contributed by atoms with van der Waals surface area (Å²) in [7, 11) is 0. The highest BCUT2D eigenvalue weighted by atomic mass is 32.2. The van der Waals surface area contributed by atoms with Crippen molar-refractivity contribution in [3.8, 4) is 5.69 Å². The highest BCUT2D eigenvalue weighted by Gasteiger charge is 2.38. The van der Waals surface area contributed by atoms with Crippen molar-refractivity contribution in [3.05, 3.63) is 97.1 Å². The maximum absolute atomic E-state index is 2.55. The number of nitrogens with zero attached hydrogens (tertiary/aromatic N) is 1. The van der Waals surface area contributed by atoms with E-state index in [9.17, 15) is 0 Å². The van der Waals surface area contributed by atoms with Crippen LogP contribution < -0.4 is 16.4 Å². The Morgan fingerprint density at radius 2 is 1.38 bits per heavy atom. The smallest absolute Gasteiger partial charge is 0.249 e. The van der Waals surface area contributed by atoms with Crippen LogP contribution in [0, 0.1) is 0 Å². The fourth-order valence-electron chi connectivity index (χ4n) is 6.31. The number of rotatable bonds is 0. The van der Waals surface area contributed by atoms with Crippen molar-refractivity contribution in [1.29, 1.82) is 0 Å². The van der Waals surface area contributed by atoms with E-state index in [1.807, 2.05) is 23.1 Å². The summed E-state index contributed by atoms with van der Waals surface area (Å²) >= 11 is 3.82. The molecule has 0 fully saturated rings. The van der Waals surface area contributed by atoms with E-state index in [2.05, 4.69) is 102 Å². The van der Waals surface area contributed by atoms with Gasteiger partial charge in [-0.25, -0.2) is 0 Å². The van der Waals surface area contributed by atoms with Crippen LogP contribution in [0.1, 0.15) is 0 Å². The van der Waals surface area contributed by atoms with Crippen molar-refractivity contribution in [1.82, 2.24) is 4.57 Å². The summed E-state index contributed by atoms with van der Waals surface area (Å²) in [5.74, 6) is 0. The van der Waals surface area contributed by atoms with Crippen molar-refractivity contribution in [2.24, 2.45) is 0 Å². The topological polar surface area (TPSA) is 4.93 Å². The van der Waals surface area contributed by atoms with Gasteiger partial charge in [-0.2, -0.15) is 0 Å². The average Bonchev–Trinajstić information content (AvgIpc) is 3.41. The SMILES string of the molecule is c1ccc2c(c1)Sc1cccc3c1B2c1cccc2c4cc5sc6ccccc6c5cc4n-3c12. The van der Waals surface area contributed by atoms with Crippen LogP contribution in [-0.4, -0.2) is 11.3 Å². The number of hydrogen-bond donors (Lipinski definition) is 0. The summed E-state index contributed by atoms with van der Waals surface area (Å²) in [6, 6.07) is 36.4. The zero-order chi connectivity index (χ0) is 22.0. The van der Waals surface area contributed by atoms with Gasteiger partial charge in [0.1, 0.15) is 0 Å². The van der Waals surface area contributed by atoms with Crippen molar-refractivity contribution in [3.63, 3.8) is 0 Å². The number of fused-ring (bicyclic) bond motifs is 10. The van der Waals surface area contributed by atoms with E-state index in [1.165, 1.54) is 73.8 Å². The number of para-hydroxylation sites is 1. The van der Waals surface area contributed by atoms with E-state index in [4.69, 9.17) is 0 Å². The van der Waals surface area contributed by atoms with Crippen LogP contribution in [0.2, 0.25) is 0 Å². The highest BCUT2D eigenvalue weighted by molar-refractivity contribution is 8.00. The largest absolute Gasteiger partial charge is 0.310 e. The fraction of sp³-hybridized carbons (Fsp3) is 0. The lowest BCUT2D eigenvalue weighted by Crippen LogP contribution is -2.58. The first-order valence-electron chi connectivity index (χ1n) is 11.7. The Hall–Kier alpha value is -3.47. The minimum absolute atomic E-state index is 0.283. The molecule has 4 heterocycles. The normalized spacial score (nSPS) is 13.7. The first kappa shape index (κ1) is 17.9. The van der Waals surface area contributed by atoms with Gasteiger partial charge >= 0.3 is 0 Å². The molecule has 0 atom stereocenters. The van der Waals surface area contributed by atoms with Gasteiger partial charge in [-0.1, -0.05) is 77.9 Å². The van der Waals surface area contributed by atoms with E-state index in [1.54, 1.807) is 0 Å². The monoisotopic (exact) mass is 465 g/mol. The number of benzene rings is 5. The molecule has 2 aliphatic rings. The molecule has 2 aromatic heterocycles. The second-order valence-corrected chi connectivity index (χ2v) is 11.5. The van der Waals surface area contributed by atoms with Crippen molar-refractivity contribution < 1.29 is 0 Å². The third-order valence-electron chi connectivity index (χ3n) is 7.65. The minimum Gasteiger partial charge on any atom is -0.310 e. The Morgan fingerprint density at radius 1 is 0.588 bits per heavy atom. The maximum Gasteiger partial charge on any atom is 0.249 e. The van der Waals surface area contributed by atoms with Gasteiger partial charge in [-0.05, 0) is 47.3 Å². The molecule has 5 aromatic carbocycles. The van der Waals surface area contributed by atoms with Crippen molar-refractivity contribution in [2.75, 3.05) is 0 Å². The molecule has 0 saturated heterocycles. The van der Waals surface area contributed by atoms with E-state index < -0.39 is 0 Å². The molecule has 0 unspecified atom stereocenters. The van der Waals surface area contributed by atoms with Gasteiger partial charge in [-0.15, -0.1) is 11.3 Å². The third-order valence-corrected chi connectivity index (χ3v) is 9.95. The summed E-state index contributed by atoms with van der Waals surface area (Å²) in [5.41, 5.74) is 8.34. The van der Waals surface area contributed by atoms with E-state index in [0.717, 1.165) is 0 Å². The standard InChI is InChI=1S/C30H16BNS2/c1-3-12-25-17(7-1)20-15-24-19(16-28(20)33-25)18-8-5-10-22-30(18)32(24)23-11-6-14-27-29(23)31(22)21-9-2-4-13-26(21)34-27/h1-16H. The quantitative estimate of drug-likeness (QED) is 0.233. The molecule has 9 rings (SSSR count). The van der Waals surface area contributed by atoms with Gasteiger partial charge < -0.3 is 4.57 Å². The number of thiophene rings is 1. The predicted octanol–water partition coefficient (Wildman–Crippen LogP) is 6.45. The summed E-state index contributed by atoms with van der Waals surface area (Å²) in [5, 5.41) is 5.43. The molecule has 0 spiro atoms. The van der Waals surface area contributed by atoms with Crippen LogP contribution in [0.4, 0.5) is 0 Å². The Labute approximate surface area is 204 Å². The van der Waals surface area contributed by atoms with Gasteiger partial charge in [0.15, 0.2) is 0 Å². The number of aromatic nitrogens is 1. The van der Waals surface area contributed by atoms with Crippen LogP contribution in [0.5, 0.6) is 0 Å². The van der Waals surface area contributed by atoms with E-state index >= 15 is 0 Å². The molecule has 0 radical (unpaired) electrons. The van der Waals surface area contributed by atoms with Gasteiger partial charge in [-0.3, -0.25) is 0 Å². The Morgan fingerprint density at radius 3 is 2.38 bits per heavy atom. The minimum atomic E-state index is 0.283. The first-order chi connectivity index (χ1) is 16.9. The molecule has 0 bridgehead atoms. The zero-order valence-corrected chi connectivity index (χ0v) is 19.7. The molecule has 4 heteroatoms. The molecule has 0 aliphatic carbocycles. The predicted molar refractivity (Wildman–Crippen MR) is 149 cm³/mol. The molecule has 2 aliphatic heterocycles. The summed E-state index contributed by atoms with van der Waals surface area (Å²) < 4.78 is 5.28. The second kappa shape index (κ2) is 6.15. The number of hydrogen-bond acceptors (Lipinski definition) is 2. The van der Waals surface area contributed by atoms with Crippen molar-refractivity contribution in [2.45, 2.75) is 9.79 Å². The molecule has 7 aromatic rings. The van der Waals surface area contributed by atoms with E-state index in [0.29, 0.717) is 0 Å². The third kappa shape index (κ3) is 2.06. The summed E-state index contributed by atoms with van der Waals surface area (Å²) in [4.78, 5) is 2.76. The highest BCUT2D eigenvalue weighted by Crippen LogP contribution is 2.42. The van der Waals surface area contributed by atoms with Crippen LogP contribution >= 0.6 is 23.1 Å². The Balaban J connectivity index is 1.51. The van der Waals surface area contributed by atoms with Crippen LogP contribution in [0.25, 0.3) is 47.7 Å². The van der Waals surface area contributed by atoms with Crippen LogP contribution in [0.15, 0.2) is 107 Å². The van der Waals surface area contributed by atoms with Gasteiger partial charge in [0.25, 0.3) is 0 Å². The Kier molecular flexibility index (Phi) is 3.24. The van der Waals surface area contributed by atoms with E-state index in [-0.39, 0.29) is 6.71 Å². The lowest BCUT2D eigenvalue weighted by atomic mass is 9.35. The van der Waals surface area contributed by atoms with Gasteiger partial charge in [0, 0.05) is 51.9 Å². The van der Waals surface area contributed by atoms with Crippen LogP contribution in [0.3, 0.4) is 0 Å². The molecule has 0 N–H and O–H groups in total. The average molecular weight is 465 g/mol. The molecular weight excluding hydrogens is 449 g/mol. The van der Waals surface area contributed by atoms with Crippen LogP contribution in [-0.2, 0) is 0 Å². The van der Waals surface area contributed by atoms with Gasteiger partial charge in [0.2, 0.25) is 6.71 Å². The van der Waals surface area contributed by atoms with Gasteiger partial charge in [0.05, 0.1) is 5.52 Å². The lowest BCUT2D eigenvalue weighted by Gasteiger charge is -2.33. The Bertz CT molecular complexity index is 2010. The summed E-state index contributed by atoms with van der Waals surface area (Å²) in [6.45, 7) is 0.283. The molecule has 0 amide bonds. The molecule has 156 valence electrons. The first-order valence-corrected chi connectivity index (χ1v) is 13.3. The molecule has 0 saturated carbocycles. The maximum atomic E-state index is 2.55. The molecule has 34 heavy (non-hydrogen) atoms. The molecular formula is C30H16BNS2. The lowest BCUT2D eigenvalue weighted by molar-refractivity contribution is 1.17. The fourth-order valence-corrected chi connectivity index (χ4v) is 8.60. The van der Waals surface area contributed by atoms with Crippen molar-refractivity contribution >= 4 is 88.2 Å². The zero-order valence-electron chi connectivity index (χ0n) is 18.1. The second-order valence-electron chi connectivity index (χ2n) is 9.30.